The fourth-order valence-corrected chi connectivity index (χ4v) is 3.55. The standard InChI is InChI=1S/C20H21IN2O4/c1-12-4-5-14(9-16(12)21)22-20(25)13-8-19(24)23(11-13)17-7-6-15(26-2)10-18(17)27-3/h4-7,9-10,13H,8,11H2,1-3H3,(H,22,25). The number of rotatable bonds is 5. The maximum absolute atomic E-state index is 12.6. The second-order valence-corrected chi connectivity index (χ2v) is 7.56. The Kier molecular flexibility index (Phi) is 5.88. The van der Waals surface area contributed by atoms with E-state index in [0.29, 0.717) is 23.7 Å². The number of carbonyl (C=O) groups excluding carboxylic acids is 2. The van der Waals surface area contributed by atoms with E-state index in [2.05, 4.69) is 27.9 Å². The third-order valence-electron chi connectivity index (χ3n) is 4.61. The first kappa shape index (κ1) is 19.5. The van der Waals surface area contributed by atoms with Crippen LogP contribution in [-0.2, 0) is 9.59 Å². The van der Waals surface area contributed by atoms with E-state index in [-0.39, 0.29) is 18.2 Å². The van der Waals surface area contributed by atoms with Crippen LogP contribution >= 0.6 is 22.6 Å². The first-order valence-corrected chi connectivity index (χ1v) is 9.60. The number of amides is 2. The predicted octanol–water partition coefficient (Wildman–Crippen LogP) is 3.61. The van der Waals surface area contributed by atoms with Gasteiger partial charge in [-0.1, -0.05) is 6.07 Å². The summed E-state index contributed by atoms with van der Waals surface area (Å²) in [4.78, 5) is 26.8. The Bertz CT molecular complexity index is 884. The summed E-state index contributed by atoms with van der Waals surface area (Å²) in [6.45, 7) is 2.33. The number of aryl methyl sites for hydroxylation is 1. The van der Waals surface area contributed by atoms with Crippen LogP contribution in [0.4, 0.5) is 11.4 Å². The van der Waals surface area contributed by atoms with Crippen LogP contribution in [0, 0.1) is 16.4 Å². The maximum Gasteiger partial charge on any atom is 0.229 e. The van der Waals surface area contributed by atoms with Crippen molar-refractivity contribution < 1.29 is 19.1 Å². The number of ether oxygens (including phenoxy) is 2. The molecule has 6 nitrogen and oxygen atoms in total. The van der Waals surface area contributed by atoms with E-state index in [9.17, 15) is 9.59 Å². The van der Waals surface area contributed by atoms with Crippen molar-refractivity contribution in [2.24, 2.45) is 5.92 Å². The number of anilines is 2. The van der Waals surface area contributed by atoms with Crippen molar-refractivity contribution >= 4 is 45.8 Å². The molecule has 2 aromatic rings. The zero-order chi connectivity index (χ0) is 19.6. The molecule has 1 heterocycles. The van der Waals surface area contributed by atoms with Gasteiger partial charge in [0.05, 0.1) is 25.8 Å². The quantitative estimate of drug-likeness (QED) is 0.665. The van der Waals surface area contributed by atoms with Crippen molar-refractivity contribution in [2.45, 2.75) is 13.3 Å². The first-order valence-electron chi connectivity index (χ1n) is 8.52. The number of methoxy groups -OCH3 is 2. The minimum atomic E-state index is -0.414. The molecule has 142 valence electrons. The molecule has 1 aliphatic rings. The van der Waals surface area contributed by atoms with Crippen LogP contribution in [0.25, 0.3) is 0 Å². The second-order valence-electron chi connectivity index (χ2n) is 6.40. The van der Waals surface area contributed by atoms with Crippen molar-refractivity contribution in [2.75, 3.05) is 31.0 Å². The minimum absolute atomic E-state index is 0.0999. The van der Waals surface area contributed by atoms with Crippen LogP contribution in [0.1, 0.15) is 12.0 Å². The molecule has 2 aromatic carbocycles. The van der Waals surface area contributed by atoms with Crippen molar-refractivity contribution in [3.8, 4) is 11.5 Å². The molecule has 0 bridgehead atoms. The fraction of sp³-hybridized carbons (Fsp3) is 0.300. The van der Waals surface area contributed by atoms with Gasteiger partial charge >= 0.3 is 0 Å². The van der Waals surface area contributed by atoms with E-state index in [0.717, 1.165) is 14.8 Å². The molecule has 1 N–H and O–H groups in total. The highest BCUT2D eigenvalue weighted by Gasteiger charge is 2.36. The van der Waals surface area contributed by atoms with E-state index in [1.807, 2.05) is 25.1 Å². The first-order chi connectivity index (χ1) is 12.9. The van der Waals surface area contributed by atoms with Crippen LogP contribution in [0.5, 0.6) is 11.5 Å². The highest BCUT2D eigenvalue weighted by Crippen LogP contribution is 2.36. The lowest BCUT2D eigenvalue weighted by Crippen LogP contribution is -2.28. The Morgan fingerprint density at radius 3 is 2.63 bits per heavy atom. The molecule has 7 heteroatoms. The molecule has 0 radical (unpaired) electrons. The Labute approximate surface area is 172 Å². The third-order valence-corrected chi connectivity index (χ3v) is 5.78. The van der Waals surface area contributed by atoms with Crippen LogP contribution in [0.3, 0.4) is 0 Å². The monoisotopic (exact) mass is 480 g/mol. The zero-order valence-corrected chi connectivity index (χ0v) is 17.6. The smallest absolute Gasteiger partial charge is 0.229 e. The van der Waals surface area contributed by atoms with Crippen LogP contribution in [0.2, 0.25) is 0 Å². The van der Waals surface area contributed by atoms with Gasteiger partial charge in [0.15, 0.2) is 0 Å². The molecule has 1 fully saturated rings. The number of nitrogens with one attached hydrogen (secondary N) is 1. The summed E-state index contributed by atoms with van der Waals surface area (Å²) in [5, 5.41) is 2.92. The van der Waals surface area contributed by atoms with Crippen molar-refractivity contribution in [3.05, 3.63) is 45.5 Å². The van der Waals surface area contributed by atoms with Gasteiger partial charge in [-0.05, 0) is 59.3 Å². The molecule has 1 aliphatic heterocycles. The van der Waals surface area contributed by atoms with Gasteiger partial charge in [0, 0.05) is 28.3 Å². The van der Waals surface area contributed by atoms with Gasteiger partial charge in [0.1, 0.15) is 11.5 Å². The lowest BCUT2D eigenvalue weighted by atomic mass is 10.1. The van der Waals surface area contributed by atoms with Crippen LogP contribution in [0.15, 0.2) is 36.4 Å². The molecular formula is C20H21IN2O4. The summed E-state index contributed by atoms with van der Waals surface area (Å²) in [5.41, 5.74) is 2.54. The number of carbonyl (C=O) groups is 2. The third kappa shape index (κ3) is 4.18. The number of halogens is 1. The molecule has 1 saturated heterocycles. The average molecular weight is 480 g/mol. The summed E-state index contributed by atoms with van der Waals surface area (Å²) in [6.07, 6.45) is 0.171. The molecular weight excluding hydrogens is 459 g/mol. The Balaban J connectivity index is 1.75. The number of benzene rings is 2. The SMILES string of the molecule is COc1ccc(N2CC(C(=O)Nc3ccc(C)c(I)c3)CC2=O)c(OC)c1. The summed E-state index contributed by atoms with van der Waals surface area (Å²) >= 11 is 2.23. The number of hydrogen-bond acceptors (Lipinski definition) is 4. The van der Waals surface area contributed by atoms with Gasteiger partial charge in [-0.15, -0.1) is 0 Å². The van der Waals surface area contributed by atoms with Crippen molar-refractivity contribution in [3.63, 3.8) is 0 Å². The molecule has 0 spiro atoms. The molecule has 0 saturated carbocycles. The molecule has 1 unspecified atom stereocenters. The van der Waals surface area contributed by atoms with Gasteiger partial charge in [0.25, 0.3) is 0 Å². The Morgan fingerprint density at radius 1 is 1.19 bits per heavy atom. The highest BCUT2D eigenvalue weighted by molar-refractivity contribution is 14.1. The predicted molar refractivity (Wildman–Crippen MR) is 113 cm³/mol. The lowest BCUT2D eigenvalue weighted by molar-refractivity contribution is -0.122. The largest absolute Gasteiger partial charge is 0.497 e. The van der Waals surface area contributed by atoms with E-state index in [1.165, 1.54) is 0 Å². The normalized spacial score (nSPS) is 16.4. The second kappa shape index (κ2) is 8.16. The molecule has 0 aliphatic carbocycles. The Hall–Kier alpha value is -2.29. The maximum atomic E-state index is 12.6. The molecule has 0 aromatic heterocycles. The van der Waals surface area contributed by atoms with E-state index >= 15 is 0 Å². The van der Waals surface area contributed by atoms with E-state index in [4.69, 9.17) is 9.47 Å². The van der Waals surface area contributed by atoms with Gasteiger partial charge in [-0.2, -0.15) is 0 Å². The number of nitrogens with zero attached hydrogens (tertiary/aromatic N) is 1. The van der Waals surface area contributed by atoms with E-state index in [1.54, 1.807) is 37.3 Å². The minimum Gasteiger partial charge on any atom is -0.497 e. The summed E-state index contributed by atoms with van der Waals surface area (Å²) in [7, 11) is 3.12. The van der Waals surface area contributed by atoms with Crippen molar-refractivity contribution in [1.82, 2.24) is 0 Å². The Morgan fingerprint density at radius 2 is 1.96 bits per heavy atom. The molecule has 2 amide bonds. The van der Waals surface area contributed by atoms with Gasteiger partial charge in [0.2, 0.25) is 11.8 Å². The average Bonchev–Trinajstić information content (AvgIpc) is 3.05. The van der Waals surface area contributed by atoms with Crippen LogP contribution in [-0.4, -0.2) is 32.6 Å². The fourth-order valence-electron chi connectivity index (χ4n) is 3.04. The molecule has 1 atom stereocenters. The van der Waals surface area contributed by atoms with Gasteiger partial charge < -0.3 is 19.7 Å². The molecule has 3 rings (SSSR count). The zero-order valence-electron chi connectivity index (χ0n) is 15.4. The summed E-state index contributed by atoms with van der Waals surface area (Å²) < 4.78 is 11.7. The lowest BCUT2D eigenvalue weighted by Gasteiger charge is -2.20. The van der Waals surface area contributed by atoms with E-state index < -0.39 is 5.92 Å². The summed E-state index contributed by atoms with van der Waals surface area (Å²) in [5.74, 6) is 0.515. The molecule has 27 heavy (non-hydrogen) atoms. The highest BCUT2D eigenvalue weighted by atomic mass is 127. The number of hydrogen-bond donors (Lipinski definition) is 1. The topological polar surface area (TPSA) is 67.9 Å². The van der Waals surface area contributed by atoms with Gasteiger partial charge in [-0.25, -0.2) is 0 Å². The van der Waals surface area contributed by atoms with Crippen molar-refractivity contribution in [1.29, 1.82) is 0 Å². The van der Waals surface area contributed by atoms with Gasteiger partial charge in [-0.3, -0.25) is 9.59 Å². The summed E-state index contributed by atoms with van der Waals surface area (Å²) in [6, 6.07) is 11.0. The van der Waals surface area contributed by atoms with Crippen LogP contribution < -0.4 is 19.7 Å².